The van der Waals surface area contributed by atoms with Gasteiger partial charge in [0.15, 0.2) is 11.6 Å². The molecular weight excluding hydrogens is 278 g/mol. The molecule has 0 saturated heterocycles. The van der Waals surface area contributed by atoms with Crippen LogP contribution in [0.3, 0.4) is 0 Å². The molecule has 0 atom stereocenters. The Morgan fingerprint density at radius 2 is 2.10 bits per heavy atom. The van der Waals surface area contributed by atoms with Gasteiger partial charge in [-0.15, -0.1) is 5.06 Å². The molecule has 6 heteroatoms. The van der Waals surface area contributed by atoms with Crippen molar-refractivity contribution >= 4 is 23.3 Å². The van der Waals surface area contributed by atoms with E-state index in [0.717, 1.165) is 5.06 Å². The highest BCUT2D eigenvalue weighted by Gasteiger charge is 2.17. The molecule has 100 valence electrons. The number of nitrogens with zero attached hydrogens (tertiary/aromatic N) is 3. The Kier molecular flexibility index (Phi) is 4.18. The lowest BCUT2D eigenvalue weighted by Gasteiger charge is -2.20. The van der Waals surface area contributed by atoms with E-state index in [0.29, 0.717) is 10.6 Å². The van der Waals surface area contributed by atoms with Crippen molar-refractivity contribution in [1.82, 2.24) is 4.98 Å². The number of hydrogen-bond donors (Lipinski definition) is 0. The summed E-state index contributed by atoms with van der Waals surface area (Å²) in [4.78, 5) is 21.2. The van der Waals surface area contributed by atoms with Crippen LogP contribution in [-0.2, 0) is 4.79 Å². The lowest BCUT2D eigenvalue weighted by molar-refractivity contribution is -0.120. The molecule has 2 aromatic rings. The molecule has 1 heterocycles. The van der Waals surface area contributed by atoms with Crippen LogP contribution in [0.1, 0.15) is 12.5 Å². The number of anilines is 1. The average molecular weight is 288 g/mol. The van der Waals surface area contributed by atoms with Crippen LogP contribution in [0.5, 0.6) is 5.75 Å². The number of hydrogen-bond acceptors (Lipinski definition) is 4. The maximum absolute atomic E-state index is 11.7. The molecule has 0 aliphatic rings. The highest BCUT2D eigenvalue weighted by Crippen LogP contribution is 2.21. The van der Waals surface area contributed by atoms with Crippen molar-refractivity contribution in [3.63, 3.8) is 0 Å². The SMILES string of the molecule is CC(=O)N(Oc1ccccc1C#N)c1ccc(Cl)cn1. The topological polar surface area (TPSA) is 66.2 Å². The molecule has 0 bridgehead atoms. The van der Waals surface area contributed by atoms with Crippen LogP contribution in [0.4, 0.5) is 5.82 Å². The van der Waals surface area contributed by atoms with E-state index in [1.165, 1.54) is 13.1 Å². The number of halogens is 1. The minimum atomic E-state index is -0.368. The maximum atomic E-state index is 11.7. The summed E-state index contributed by atoms with van der Waals surface area (Å²) in [7, 11) is 0. The van der Waals surface area contributed by atoms with Gasteiger partial charge in [-0.3, -0.25) is 4.79 Å². The average Bonchev–Trinajstić information content (AvgIpc) is 2.46. The van der Waals surface area contributed by atoms with Gasteiger partial charge in [0.05, 0.1) is 10.6 Å². The summed E-state index contributed by atoms with van der Waals surface area (Å²) in [6, 6.07) is 11.8. The molecule has 1 aromatic heterocycles. The van der Waals surface area contributed by atoms with Crippen molar-refractivity contribution in [3.8, 4) is 11.8 Å². The van der Waals surface area contributed by atoms with Gasteiger partial charge in [0.2, 0.25) is 0 Å². The molecule has 0 spiro atoms. The molecule has 0 N–H and O–H groups in total. The third-order valence-electron chi connectivity index (χ3n) is 2.40. The smallest absolute Gasteiger partial charge is 0.258 e. The van der Waals surface area contributed by atoms with Crippen molar-refractivity contribution < 1.29 is 9.63 Å². The Bertz CT molecular complexity index is 665. The van der Waals surface area contributed by atoms with E-state index >= 15 is 0 Å². The van der Waals surface area contributed by atoms with Crippen LogP contribution in [-0.4, -0.2) is 10.9 Å². The first kappa shape index (κ1) is 13.8. The van der Waals surface area contributed by atoms with Crippen LogP contribution in [0.25, 0.3) is 0 Å². The number of amides is 1. The standard InChI is InChI=1S/C14H10ClN3O2/c1-10(19)18(14-7-6-12(15)9-17-14)20-13-5-3-2-4-11(13)8-16/h2-7,9H,1H3. The second kappa shape index (κ2) is 6.04. The highest BCUT2D eigenvalue weighted by atomic mass is 35.5. The Labute approximate surface area is 120 Å². The quantitative estimate of drug-likeness (QED) is 0.814. The molecule has 0 radical (unpaired) electrons. The summed E-state index contributed by atoms with van der Waals surface area (Å²) >= 11 is 5.75. The molecule has 2 rings (SSSR count). The van der Waals surface area contributed by atoms with Gasteiger partial charge in [0.25, 0.3) is 5.91 Å². The fourth-order valence-corrected chi connectivity index (χ4v) is 1.61. The Balaban J connectivity index is 2.33. The zero-order valence-corrected chi connectivity index (χ0v) is 11.3. The number of rotatable bonds is 3. The molecule has 0 saturated carbocycles. The van der Waals surface area contributed by atoms with Gasteiger partial charge >= 0.3 is 0 Å². The van der Waals surface area contributed by atoms with Crippen LogP contribution >= 0.6 is 11.6 Å². The molecular formula is C14H10ClN3O2. The normalized spacial score (nSPS) is 9.65. The van der Waals surface area contributed by atoms with E-state index in [2.05, 4.69) is 4.98 Å². The van der Waals surface area contributed by atoms with Crippen LogP contribution in [0, 0.1) is 11.3 Å². The van der Waals surface area contributed by atoms with E-state index in [9.17, 15) is 4.79 Å². The third-order valence-corrected chi connectivity index (χ3v) is 2.63. The summed E-state index contributed by atoms with van der Waals surface area (Å²) in [6.07, 6.45) is 1.41. The van der Waals surface area contributed by atoms with Crippen LogP contribution in [0.2, 0.25) is 5.02 Å². The maximum Gasteiger partial charge on any atom is 0.258 e. The minimum Gasteiger partial charge on any atom is -0.369 e. The largest absolute Gasteiger partial charge is 0.369 e. The number of para-hydroxylation sites is 1. The first-order chi connectivity index (χ1) is 9.61. The minimum absolute atomic E-state index is 0.280. The van der Waals surface area contributed by atoms with Crippen molar-refractivity contribution in [2.24, 2.45) is 0 Å². The van der Waals surface area contributed by atoms with Gasteiger partial charge in [0.1, 0.15) is 6.07 Å². The predicted molar refractivity (Wildman–Crippen MR) is 74.2 cm³/mol. The van der Waals surface area contributed by atoms with E-state index in [4.69, 9.17) is 21.7 Å². The zero-order chi connectivity index (χ0) is 14.5. The fraction of sp³-hybridized carbons (Fsp3) is 0.0714. The van der Waals surface area contributed by atoms with E-state index in [1.54, 1.807) is 36.4 Å². The predicted octanol–water partition coefficient (Wildman–Crippen LogP) is 2.95. The highest BCUT2D eigenvalue weighted by molar-refractivity contribution is 6.30. The van der Waals surface area contributed by atoms with Gasteiger partial charge in [-0.25, -0.2) is 4.98 Å². The zero-order valence-electron chi connectivity index (χ0n) is 10.6. The molecule has 0 fully saturated rings. The number of pyridine rings is 1. The second-order valence-corrected chi connectivity index (χ2v) is 4.28. The molecule has 20 heavy (non-hydrogen) atoms. The summed E-state index contributed by atoms with van der Waals surface area (Å²) in [5.41, 5.74) is 0.327. The number of nitriles is 1. The Hall–Kier alpha value is -2.58. The van der Waals surface area contributed by atoms with Gasteiger partial charge in [-0.1, -0.05) is 23.7 Å². The molecule has 0 aliphatic carbocycles. The fourth-order valence-electron chi connectivity index (χ4n) is 1.50. The van der Waals surface area contributed by atoms with Gasteiger partial charge in [-0.2, -0.15) is 5.26 Å². The molecule has 1 amide bonds. The summed E-state index contributed by atoms with van der Waals surface area (Å²) in [5, 5.41) is 10.5. The lowest BCUT2D eigenvalue weighted by Crippen LogP contribution is -2.33. The molecule has 1 aromatic carbocycles. The third kappa shape index (κ3) is 3.05. The van der Waals surface area contributed by atoms with Crippen molar-refractivity contribution in [3.05, 3.63) is 53.2 Å². The lowest BCUT2D eigenvalue weighted by atomic mass is 10.2. The second-order valence-electron chi connectivity index (χ2n) is 3.85. The van der Waals surface area contributed by atoms with Gasteiger partial charge < -0.3 is 4.84 Å². The van der Waals surface area contributed by atoms with Crippen LogP contribution < -0.4 is 9.90 Å². The summed E-state index contributed by atoms with van der Waals surface area (Å²) < 4.78 is 0. The number of carbonyl (C=O) groups is 1. The number of hydroxylamine groups is 1. The van der Waals surface area contributed by atoms with Crippen molar-refractivity contribution in [2.45, 2.75) is 6.92 Å². The van der Waals surface area contributed by atoms with Gasteiger partial charge in [-0.05, 0) is 24.3 Å². The Morgan fingerprint density at radius 3 is 2.70 bits per heavy atom. The van der Waals surface area contributed by atoms with E-state index in [1.807, 2.05) is 6.07 Å². The molecule has 5 nitrogen and oxygen atoms in total. The van der Waals surface area contributed by atoms with E-state index < -0.39 is 0 Å². The summed E-state index contributed by atoms with van der Waals surface area (Å²) in [5.74, 6) is 0.198. The first-order valence-corrected chi connectivity index (χ1v) is 6.09. The van der Waals surface area contributed by atoms with Crippen molar-refractivity contribution in [1.29, 1.82) is 5.26 Å². The number of aromatic nitrogens is 1. The first-order valence-electron chi connectivity index (χ1n) is 5.71. The monoisotopic (exact) mass is 287 g/mol. The van der Waals surface area contributed by atoms with E-state index in [-0.39, 0.29) is 17.5 Å². The molecule has 0 unspecified atom stereocenters. The summed E-state index contributed by atoms with van der Waals surface area (Å²) in [6.45, 7) is 1.34. The van der Waals surface area contributed by atoms with Crippen LogP contribution in [0.15, 0.2) is 42.6 Å². The Morgan fingerprint density at radius 1 is 1.35 bits per heavy atom. The van der Waals surface area contributed by atoms with Crippen molar-refractivity contribution in [2.75, 3.05) is 5.06 Å². The molecule has 0 aliphatic heterocycles. The van der Waals surface area contributed by atoms with Gasteiger partial charge in [0, 0.05) is 13.1 Å². The number of carbonyl (C=O) groups excluding carboxylic acids is 1. The number of benzene rings is 1.